The molecule has 0 aliphatic carbocycles. The molecule has 5 nitrogen and oxygen atoms in total. The molecule has 1 atom stereocenters. The lowest BCUT2D eigenvalue weighted by molar-refractivity contribution is 0.0963. The highest BCUT2D eigenvalue weighted by Crippen LogP contribution is 2.19. The van der Waals surface area contributed by atoms with Crippen molar-refractivity contribution in [3.63, 3.8) is 0 Å². The number of amides is 1. The fourth-order valence-electron chi connectivity index (χ4n) is 2.06. The van der Waals surface area contributed by atoms with E-state index in [1.807, 2.05) is 32.0 Å². The van der Waals surface area contributed by atoms with Gasteiger partial charge in [-0.1, -0.05) is 6.07 Å². The normalized spacial score (nSPS) is 11.8. The minimum absolute atomic E-state index is 0.0173. The average molecular weight is 270 g/mol. The highest BCUT2D eigenvalue weighted by atomic mass is 16.1. The van der Waals surface area contributed by atoms with Gasteiger partial charge < -0.3 is 10.6 Å². The van der Waals surface area contributed by atoms with Crippen molar-refractivity contribution in [1.82, 2.24) is 15.3 Å². The van der Waals surface area contributed by atoms with Crippen molar-refractivity contribution in [3.05, 3.63) is 53.6 Å². The third kappa shape index (κ3) is 3.12. The van der Waals surface area contributed by atoms with E-state index in [9.17, 15) is 4.79 Å². The Hall–Kier alpha value is -2.43. The molecule has 2 aromatic rings. The lowest BCUT2D eigenvalue weighted by atomic mass is 10.1. The number of aryl methyl sites for hydroxylation is 1. The molecule has 0 fully saturated rings. The van der Waals surface area contributed by atoms with Gasteiger partial charge in [0.05, 0.1) is 17.4 Å². The summed E-state index contributed by atoms with van der Waals surface area (Å²) >= 11 is 0. The Kier molecular flexibility index (Phi) is 4.30. The van der Waals surface area contributed by atoms with Crippen LogP contribution in [0.3, 0.4) is 0 Å². The Bertz CT molecular complexity index is 612. The van der Waals surface area contributed by atoms with Gasteiger partial charge in [-0.2, -0.15) is 0 Å². The van der Waals surface area contributed by atoms with Gasteiger partial charge in [0, 0.05) is 30.7 Å². The number of carbonyl (C=O) groups is 1. The molecule has 2 N–H and O–H groups in total. The van der Waals surface area contributed by atoms with Gasteiger partial charge in [0.25, 0.3) is 5.91 Å². The van der Waals surface area contributed by atoms with E-state index in [2.05, 4.69) is 20.6 Å². The summed E-state index contributed by atoms with van der Waals surface area (Å²) in [6.45, 7) is 3.95. The van der Waals surface area contributed by atoms with Gasteiger partial charge in [-0.3, -0.25) is 14.8 Å². The van der Waals surface area contributed by atoms with E-state index in [0.29, 0.717) is 5.56 Å². The van der Waals surface area contributed by atoms with Crippen molar-refractivity contribution in [3.8, 4) is 0 Å². The number of carbonyl (C=O) groups excluding carboxylic acids is 1. The first-order valence-corrected chi connectivity index (χ1v) is 6.48. The zero-order valence-electron chi connectivity index (χ0n) is 11.8. The van der Waals surface area contributed by atoms with E-state index in [1.165, 1.54) is 0 Å². The fraction of sp³-hybridized carbons (Fsp3) is 0.267. The Labute approximate surface area is 118 Å². The van der Waals surface area contributed by atoms with E-state index < -0.39 is 0 Å². The Morgan fingerprint density at radius 3 is 2.70 bits per heavy atom. The first-order valence-electron chi connectivity index (χ1n) is 6.48. The number of nitrogens with one attached hydrogen (secondary N) is 2. The molecule has 0 aliphatic rings. The molecule has 0 saturated carbocycles. The maximum Gasteiger partial charge on any atom is 0.251 e. The molecule has 1 aromatic carbocycles. The van der Waals surface area contributed by atoms with Crippen molar-refractivity contribution in [2.45, 2.75) is 19.9 Å². The van der Waals surface area contributed by atoms with E-state index in [-0.39, 0.29) is 11.9 Å². The largest absolute Gasteiger partial charge is 0.377 e. The summed E-state index contributed by atoms with van der Waals surface area (Å²) in [5.41, 5.74) is 3.30. The highest BCUT2D eigenvalue weighted by Gasteiger charge is 2.11. The summed E-state index contributed by atoms with van der Waals surface area (Å²) in [5, 5.41) is 5.95. The molecule has 20 heavy (non-hydrogen) atoms. The van der Waals surface area contributed by atoms with Gasteiger partial charge in [0.2, 0.25) is 0 Å². The van der Waals surface area contributed by atoms with Crippen molar-refractivity contribution in [2.24, 2.45) is 0 Å². The van der Waals surface area contributed by atoms with Crippen LogP contribution in [-0.4, -0.2) is 22.9 Å². The van der Waals surface area contributed by atoms with E-state index in [1.54, 1.807) is 25.5 Å². The average Bonchev–Trinajstić information content (AvgIpc) is 2.47. The second-order valence-electron chi connectivity index (χ2n) is 4.55. The molecule has 104 valence electrons. The molecule has 0 spiro atoms. The van der Waals surface area contributed by atoms with Crippen molar-refractivity contribution >= 4 is 11.6 Å². The first kappa shape index (κ1) is 14.0. The van der Waals surface area contributed by atoms with Crippen LogP contribution in [0.1, 0.15) is 34.7 Å². The molecule has 0 aliphatic heterocycles. The van der Waals surface area contributed by atoms with Crippen LogP contribution in [0.2, 0.25) is 0 Å². The van der Waals surface area contributed by atoms with Gasteiger partial charge in [0.15, 0.2) is 0 Å². The standard InChI is InChI=1S/C15H18N4O/c1-10-14(18-8-7-17-10)11(2)19-13-6-4-5-12(9-13)15(20)16-3/h4-9,11,19H,1-3H3,(H,16,20). The molecule has 2 rings (SSSR count). The Balaban J connectivity index is 2.18. The van der Waals surface area contributed by atoms with E-state index in [0.717, 1.165) is 17.1 Å². The van der Waals surface area contributed by atoms with Crippen molar-refractivity contribution < 1.29 is 4.79 Å². The van der Waals surface area contributed by atoms with Gasteiger partial charge in [-0.05, 0) is 32.0 Å². The van der Waals surface area contributed by atoms with Gasteiger partial charge >= 0.3 is 0 Å². The molecule has 0 bridgehead atoms. The van der Waals surface area contributed by atoms with Crippen LogP contribution in [0, 0.1) is 6.92 Å². The van der Waals surface area contributed by atoms with Crippen LogP contribution in [0.5, 0.6) is 0 Å². The molecule has 1 unspecified atom stereocenters. The maximum absolute atomic E-state index is 11.6. The molecule has 1 amide bonds. The third-order valence-corrected chi connectivity index (χ3v) is 3.06. The smallest absolute Gasteiger partial charge is 0.251 e. The lowest BCUT2D eigenvalue weighted by Gasteiger charge is -2.16. The molecular weight excluding hydrogens is 252 g/mol. The molecule has 1 aromatic heterocycles. The molecular formula is C15H18N4O. The molecule has 0 radical (unpaired) electrons. The zero-order valence-corrected chi connectivity index (χ0v) is 11.8. The minimum Gasteiger partial charge on any atom is -0.377 e. The van der Waals surface area contributed by atoms with Crippen molar-refractivity contribution in [2.75, 3.05) is 12.4 Å². The summed E-state index contributed by atoms with van der Waals surface area (Å²) < 4.78 is 0. The number of anilines is 1. The number of hydrogen-bond donors (Lipinski definition) is 2. The van der Waals surface area contributed by atoms with Crippen molar-refractivity contribution in [1.29, 1.82) is 0 Å². The van der Waals surface area contributed by atoms with Crippen LogP contribution in [0.4, 0.5) is 5.69 Å². The quantitative estimate of drug-likeness (QED) is 0.894. The van der Waals surface area contributed by atoms with Crippen LogP contribution < -0.4 is 10.6 Å². The highest BCUT2D eigenvalue weighted by molar-refractivity contribution is 5.94. The predicted octanol–water partition coefficient (Wildman–Crippen LogP) is 2.32. The SMILES string of the molecule is CNC(=O)c1cccc(NC(C)c2nccnc2C)c1. The van der Waals surface area contributed by atoms with Crippen LogP contribution in [0.25, 0.3) is 0 Å². The van der Waals surface area contributed by atoms with Crippen LogP contribution in [-0.2, 0) is 0 Å². The Morgan fingerprint density at radius 2 is 2.00 bits per heavy atom. The molecule has 0 saturated heterocycles. The third-order valence-electron chi connectivity index (χ3n) is 3.06. The summed E-state index contributed by atoms with van der Waals surface area (Å²) in [6, 6.07) is 7.39. The molecule has 5 heteroatoms. The number of rotatable bonds is 4. The lowest BCUT2D eigenvalue weighted by Crippen LogP contribution is -2.18. The second-order valence-corrected chi connectivity index (χ2v) is 4.55. The predicted molar refractivity (Wildman–Crippen MR) is 78.6 cm³/mol. The first-order chi connectivity index (χ1) is 9.61. The minimum atomic E-state index is -0.100. The topological polar surface area (TPSA) is 66.9 Å². The summed E-state index contributed by atoms with van der Waals surface area (Å²) in [4.78, 5) is 20.2. The zero-order chi connectivity index (χ0) is 14.5. The van der Waals surface area contributed by atoms with Crippen LogP contribution >= 0.6 is 0 Å². The van der Waals surface area contributed by atoms with Gasteiger partial charge in [-0.25, -0.2) is 0 Å². The number of nitrogens with zero attached hydrogens (tertiary/aromatic N) is 2. The van der Waals surface area contributed by atoms with Gasteiger partial charge in [0.1, 0.15) is 0 Å². The van der Waals surface area contributed by atoms with Crippen LogP contribution in [0.15, 0.2) is 36.7 Å². The number of benzene rings is 1. The summed E-state index contributed by atoms with van der Waals surface area (Å²) in [5.74, 6) is -0.100. The number of aromatic nitrogens is 2. The summed E-state index contributed by atoms with van der Waals surface area (Å²) in [6.07, 6.45) is 3.36. The Morgan fingerprint density at radius 1 is 1.25 bits per heavy atom. The molecule has 1 heterocycles. The maximum atomic E-state index is 11.6. The fourth-order valence-corrected chi connectivity index (χ4v) is 2.06. The second kappa shape index (κ2) is 6.14. The van der Waals surface area contributed by atoms with E-state index in [4.69, 9.17) is 0 Å². The van der Waals surface area contributed by atoms with Gasteiger partial charge in [-0.15, -0.1) is 0 Å². The van der Waals surface area contributed by atoms with E-state index >= 15 is 0 Å². The number of hydrogen-bond acceptors (Lipinski definition) is 4. The summed E-state index contributed by atoms with van der Waals surface area (Å²) in [7, 11) is 1.62. The monoisotopic (exact) mass is 270 g/mol.